The SMILES string of the molecule is CCCCCCC(O)c1cc(O)ccc1CCC. The second-order valence-electron chi connectivity index (χ2n) is 5.00. The van der Waals surface area contributed by atoms with Crippen LogP contribution in [0.2, 0.25) is 0 Å². The van der Waals surface area contributed by atoms with E-state index in [1.807, 2.05) is 6.07 Å². The van der Waals surface area contributed by atoms with E-state index < -0.39 is 6.10 Å². The fourth-order valence-electron chi connectivity index (χ4n) is 2.31. The molecule has 1 unspecified atom stereocenters. The minimum atomic E-state index is -0.435. The molecule has 0 aliphatic heterocycles. The summed E-state index contributed by atoms with van der Waals surface area (Å²) in [6.07, 6.45) is 7.04. The van der Waals surface area contributed by atoms with E-state index in [1.54, 1.807) is 12.1 Å². The normalized spacial score (nSPS) is 12.6. The van der Waals surface area contributed by atoms with Crippen molar-refractivity contribution >= 4 is 0 Å². The van der Waals surface area contributed by atoms with Crippen LogP contribution in [0.4, 0.5) is 0 Å². The third-order valence-corrected chi connectivity index (χ3v) is 3.34. The van der Waals surface area contributed by atoms with Crippen LogP contribution in [0.3, 0.4) is 0 Å². The quantitative estimate of drug-likeness (QED) is 0.673. The zero-order chi connectivity index (χ0) is 13.4. The number of aryl methyl sites for hydroxylation is 1. The lowest BCUT2D eigenvalue weighted by Crippen LogP contribution is -2.02. The van der Waals surface area contributed by atoms with Crippen LogP contribution in [0.15, 0.2) is 18.2 Å². The van der Waals surface area contributed by atoms with Crippen LogP contribution >= 0.6 is 0 Å². The van der Waals surface area contributed by atoms with Gasteiger partial charge in [0.15, 0.2) is 0 Å². The van der Waals surface area contributed by atoms with Crippen LogP contribution in [-0.4, -0.2) is 10.2 Å². The zero-order valence-corrected chi connectivity index (χ0v) is 11.7. The molecule has 0 aliphatic rings. The largest absolute Gasteiger partial charge is 0.508 e. The molecule has 102 valence electrons. The molecule has 18 heavy (non-hydrogen) atoms. The van der Waals surface area contributed by atoms with Gasteiger partial charge < -0.3 is 10.2 Å². The minimum Gasteiger partial charge on any atom is -0.508 e. The van der Waals surface area contributed by atoms with Crippen molar-refractivity contribution in [2.24, 2.45) is 0 Å². The number of aromatic hydroxyl groups is 1. The molecule has 0 bridgehead atoms. The molecule has 0 spiro atoms. The van der Waals surface area contributed by atoms with E-state index in [-0.39, 0.29) is 5.75 Å². The summed E-state index contributed by atoms with van der Waals surface area (Å²) in [5, 5.41) is 19.8. The van der Waals surface area contributed by atoms with Gasteiger partial charge in [0.2, 0.25) is 0 Å². The zero-order valence-electron chi connectivity index (χ0n) is 11.7. The number of phenolic OH excluding ortho intramolecular Hbond substituents is 1. The van der Waals surface area contributed by atoms with Crippen molar-refractivity contribution in [2.75, 3.05) is 0 Å². The summed E-state index contributed by atoms with van der Waals surface area (Å²) >= 11 is 0. The fourth-order valence-corrected chi connectivity index (χ4v) is 2.31. The average molecular weight is 250 g/mol. The lowest BCUT2D eigenvalue weighted by molar-refractivity contribution is 0.162. The molecule has 0 aromatic heterocycles. The molecular formula is C16H26O2. The topological polar surface area (TPSA) is 40.5 Å². The van der Waals surface area contributed by atoms with Crippen LogP contribution in [0.5, 0.6) is 5.75 Å². The molecule has 1 aromatic carbocycles. The summed E-state index contributed by atoms with van der Waals surface area (Å²) in [6.45, 7) is 4.31. The van der Waals surface area contributed by atoms with Gasteiger partial charge in [-0.3, -0.25) is 0 Å². The van der Waals surface area contributed by atoms with Crippen molar-refractivity contribution in [3.8, 4) is 5.75 Å². The molecule has 0 saturated heterocycles. The maximum Gasteiger partial charge on any atom is 0.115 e. The molecule has 2 heteroatoms. The Hall–Kier alpha value is -1.02. The predicted molar refractivity (Wildman–Crippen MR) is 75.8 cm³/mol. The summed E-state index contributed by atoms with van der Waals surface area (Å²) in [5.41, 5.74) is 2.08. The van der Waals surface area contributed by atoms with E-state index in [0.717, 1.165) is 31.2 Å². The maximum atomic E-state index is 10.2. The highest BCUT2D eigenvalue weighted by molar-refractivity contribution is 5.36. The lowest BCUT2D eigenvalue weighted by Gasteiger charge is -2.15. The Kier molecular flexibility index (Phi) is 6.81. The van der Waals surface area contributed by atoms with E-state index in [4.69, 9.17) is 0 Å². The third kappa shape index (κ3) is 4.69. The number of unbranched alkanes of at least 4 members (excludes halogenated alkanes) is 3. The highest BCUT2D eigenvalue weighted by Gasteiger charge is 2.12. The Labute approximate surface area is 111 Å². The summed E-state index contributed by atoms with van der Waals surface area (Å²) in [7, 11) is 0. The third-order valence-electron chi connectivity index (χ3n) is 3.34. The van der Waals surface area contributed by atoms with Gasteiger partial charge in [-0.05, 0) is 36.1 Å². The van der Waals surface area contributed by atoms with E-state index in [1.165, 1.54) is 24.8 Å². The molecular weight excluding hydrogens is 224 g/mol. The van der Waals surface area contributed by atoms with Gasteiger partial charge in [-0.1, -0.05) is 52.0 Å². The molecule has 1 aromatic rings. The van der Waals surface area contributed by atoms with Crippen molar-refractivity contribution in [3.63, 3.8) is 0 Å². The molecule has 1 rings (SSSR count). The molecule has 2 N–H and O–H groups in total. The summed E-state index contributed by atoms with van der Waals surface area (Å²) in [4.78, 5) is 0. The van der Waals surface area contributed by atoms with Crippen LogP contribution in [0.1, 0.15) is 69.6 Å². The molecule has 2 nitrogen and oxygen atoms in total. The van der Waals surface area contributed by atoms with Gasteiger partial charge in [-0.2, -0.15) is 0 Å². The number of benzene rings is 1. The van der Waals surface area contributed by atoms with Gasteiger partial charge >= 0.3 is 0 Å². The number of phenols is 1. The molecule has 1 atom stereocenters. The Morgan fingerprint density at radius 3 is 2.50 bits per heavy atom. The first-order valence-electron chi connectivity index (χ1n) is 7.18. The number of rotatable bonds is 8. The Morgan fingerprint density at radius 2 is 1.83 bits per heavy atom. The van der Waals surface area contributed by atoms with Gasteiger partial charge in [0, 0.05) is 0 Å². The Morgan fingerprint density at radius 1 is 1.06 bits per heavy atom. The van der Waals surface area contributed by atoms with Gasteiger partial charge in [0.05, 0.1) is 6.10 Å². The average Bonchev–Trinajstić information content (AvgIpc) is 2.37. The molecule has 0 heterocycles. The summed E-state index contributed by atoms with van der Waals surface area (Å²) in [5.74, 6) is 0.248. The van der Waals surface area contributed by atoms with Crippen molar-refractivity contribution in [3.05, 3.63) is 29.3 Å². The first-order chi connectivity index (χ1) is 8.69. The van der Waals surface area contributed by atoms with Gasteiger partial charge in [-0.25, -0.2) is 0 Å². The first-order valence-corrected chi connectivity index (χ1v) is 7.18. The number of hydrogen-bond donors (Lipinski definition) is 2. The molecule has 0 fully saturated rings. The van der Waals surface area contributed by atoms with Crippen LogP contribution in [0, 0.1) is 0 Å². The minimum absolute atomic E-state index is 0.248. The molecule has 0 amide bonds. The predicted octanol–water partition coefficient (Wildman–Crippen LogP) is 4.35. The Bertz CT molecular complexity index is 347. The van der Waals surface area contributed by atoms with E-state index in [9.17, 15) is 10.2 Å². The van der Waals surface area contributed by atoms with Gasteiger partial charge in [-0.15, -0.1) is 0 Å². The summed E-state index contributed by atoms with van der Waals surface area (Å²) < 4.78 is 0. The van der Waals surface area contributed by atoms with E-state index in [0.29, 0.717) is 0 Å². The fraction of sp³-hybridized carbons (Fsp3) is 0.625. The molecule has 0 radical (unpaired) electrons. The second kappa shape index (κ2) is 8.15. The smallest absolute Gasteiger partial charge is 0.115 e. The van der Waals surface area contributed by atoms with Crippen molar-refractivity contribution in [2.45, 2.75) is 64.9 Å². The monoisotopic (exact) mass is 250 g/mol. The molecule has 0 saturated carbocycles. The van der Waals surface area contributed by atoms with E-state index >= 15 is 0 Å². The van der Waals surface area contributed by atoms with Crippen LogP contribution in [-0.2, 0) is 6.42 Å². The van der Waals surface area contributed by atoms with E-state index in [2.05, 4.69) is 13.8 Å². The highest BCUT2D eigenvalue weighted by Crippen LogP contribution is 2.27. The number of aliphatic hydroxyl groups excluding tert-OH is 1. The van der Waals surface area contributed by atoms with Crippen molar-refractivity contribution in [1.82, 2.24) is 0 Å². The number of hydrogen-bond acceptors (Lipinski definition) is 2. The highest BCUT2D eigenvalue weighted by atomic mass is 16.3. The summed E-state index contributed by atoms with van der Waals surface area (Å²) in [6, 6.07) is 5.36. The van der Waals surface area contributed by atoms with Crippen molar-refractivity contribution in [1.29, 1.82) is 0 Å². The van der Waals surface area contributed by atoms with Crippen molar-refractivity contribution < 1.29 is 10.2 Å². The van der Waals surface area contributed by atoms with Crippen LogP contribution in [0.25, 0.3) is 0 Å². The van der Waals surface area contributed by atoms with Gasteiger partial charge in [0.25, 0.3) is 0 Å². The maximum absolute atomic E-state index is 10.2. The standard InChI is InChI=1S/C16H26O2/c1-3-5-6-7-9-16(18)15-12-14(17)11-10-13(15)8-4-2/h10-12,16-18H,3-9H2,1-2H3. The molecule has 0 aliphatic carbocycles. The lowest BCUT2D eigenvalue weighted by atomic mass is 9.95. The second-order valence-corrected chi connectivity index (χ2v) is 5.00. The first kappa shape index (κ1) is 15.0. The Balaban J connectivity index is 2.64. The van der Waals surface area contributed by atoms with Crippen LogP contribution < -0.4 is 0 Å². The van der Waals surface area contributed by atoms with Gasteiger partial charge in [0.1, 0.15) is 5.75 Å². The number of aliphatic hydroxyl groups is 1.